The lowest BCUT2D eigenvalue weighted by atomic mass is 9.99. The zero-order valence-corrected chi connectivity index (χ0v) is 15.6. The minimum Gasteiger partial charge on any atom is -0.363 e. The van der Waals surface area contributed by atoms with Gasteiger partial charge in [-0.3, -0.25) is 4.79 Å². The first-order valence-corrected chi connectivity index (χ1v) is 7.52. The molecule has 0 spiro atoms. The third kappa shape index (κ3) is 4.60. The molecule has 1 amide bonds. The molecule has 5 nitrogen and oxygen atoms in total. The molecule has 136 valence electrons. The Bertz CT molecular complexity index is 755. The van der Waals surface area contributed by atoms with Crippen LogP contribution in [0.15, 0.2) is 30.5 Å². The molecule has 3 rings (SSSR count). The Labute approximate surface area is 158 Å². The molecule has 2 heterocycles. The molecule has 2 aromatic rings. The first-order chi connectivity index (χ1) is 11.1. The third-order valence-electron chi connectivity index (χ3n) is 3.92. The van der Waals surface area contributed by atoms with E-state index in [0.29, 0.717) is 29.9 Å². The highest BCUT2D eigenvalue weighted by atomic mass is 35.5. The average Bonchev–Trinajstić information content (AvgIpc) is 2.57. The van der Waals surface area contributed by atoms with Gasteiger partial charge >= 0.3 is 0 Å². The van der Waals surface area contributed by atoms with Gasteiger partial charge in [-0.15, -0.1) is 24.8 Å². The van der Waals surface area contributed by atoms with E-state index in [1.165, 1.54) is 0 Å². The number of fused-ring (bicyclic) bond motifs is 1. The van der Waals surface area contributed by atoms with Crippen molar-refractivity contribution < 1.29 is 9.18 Å². The van der Waals surface area contributed by atoms with E-state index in [1.807, 2.05) is 25.1 Å². The van der Waals surface area contributed by atoms with Crippen LogP contribution < -0.4 is 15.5 Å². The Morgan fingerprint density at radius 3 is 2.76 bits per heavy atom. The van der Waals surface area contributed by atoms with E-state index in [1.54, 1.807) is 24.4 Å². The Morgan fingerprint density at radius 2 is 2.04 bits per heavy atom. The quantitative estimate of drug-likeness (QED) is 0.850. The van der Waals surface area contributed by atoms with Crippen LogP contribution in [0.3, 0.4) is 0 Å². The summed E-state index contributed by atoms with van der Waals surface area (Å²) >= 11 is 0. The summed E-state index contributed by atoms with van der Waals surface area (Å²) in [5, 5.41) is 5.87. The molecule has 0 saturated heterocycles. The first-order valence-electron chi connectivity index (χ1n) is 7.52. The number of benzene rings is 1. The van der Waals surface area contributed by atoms with E-state index >= 15 is 0 Å². The van der Waals surface area contributed by atoms with E-state index in [0.717, 1.165) is 12.1 Å². The van der Waals surface area contributed by atoms with Crippen LogP contribution in [0.25, 0.3) is 0 Å². The van der Waals surface area contributed by atoms with Gasteiger partial charge in [0, 0.05) is 32.4 Å². The number of rotatable bonds is 3. The van der Waals surface area contributed by atoms with Gasteiger partial charge in [0.15, 0.2) is 0 Å². The fourth-order valence-corrected chi connectivity index (χ4v) is 2.63. The molecular weight excluding hydrogens is 366 g/mol. The fourth-order valence-electron chi connectivity index (χ4n) is 2.63. The second-order valence-corrected chi connectivity index (χ2v) is 5.74. The minimum atomic E-state index is -0.344. The lowest BCUT2D eigenvalue weighted by Crippen LogP contribution is -2.25. The van der Waals surface area contributed by atoms with E-state index in [9.17, 15) is 9.18 Å². The Hall–Kier alpha value is -1.89. The number of aromatic nitrogens is 1. The SMILES string of the molecule is CN(C)c1cc(C(=O)Nc2ccc3c(c2F)CCNC3)ccn1.Cl.Cl. The highest BCUT2D eigenvalue weighted by molar-refractivity contribution is 6.04. The summed E-state index contributed by atoms with van der Waals surface area (Å²) in [5.41, 5.74) is 2.30. The van der Waals surface area contributed by atoms with Crippen LogP contribution in [0.4, 0.5) is 15.9 Å². The number of nitrogens with one attached hydrogen (secondary N) is 2. The standard InChI is InChI=1S/C17H19FN4O.2ClH/c1-22(2)15-9-11(5-8-20-15)17(23)21-14-4-3-12-10-19-7-6-13(12)16(14)18;;/h3-5,8-9,19H,6-7,10H2,1-2H3,(H,21,23);2*1H. The van der Waals surface area contributed by atoms with Gasteiger partial charge in [-0.1, -0.05) is 6.07 Å². The number of halogens is 3. The van der Waals surface area contributed by atoms with Gasteiger partial charge in [-0.05, 0) is 42.3 Å². The van der Waals surface area contributed by atoms with Crippen molar-refractivity contribution in [1.82, 2.24) is 10.3 Å². The van der Waals surface area contributed by atoms with Crippen LogP contribution in [0.1, 0.15) is 21.5 Å². The molecule has 1 aromatic carbocycles. The van der Waals surface area contributed by atoms with E-state index < -0.39 is 0 Å². The zero-order chi connectivity index (χ0) is 16.4. The number of hydrogen-bond acceptors (Lipinski definition) is 4. The first kappa shape index (κ1) is 21.2. The molecule has 8 heteroatoms. The van der Waals surface area contributed by atoms with E-state index in [-0.39, 0.29) is 42.2 Å². The topological polar surface area (TPSA) is 57.3 Å². The summed E-state index contributed by atoms with van der Waals surface area (Å²) in [6.45, 7) is 1.41. The van der Waals surface area contributed by atoms with Gasteiger partial charge in [0.2, 0.25) is 0 Å². The van der Waals surface area contributed by atoms with Crippen molar-refractivity contribution in [3.8, 4) is 0 Å². The summed E-state index contributed by atoms with van der Waals surface area (Å²) in [5.74, 6) is -0.00263. The van der Waals surface area contributed by atoms with Crippen molar-refractivity contribution in [3.63, 3.8) is 0 Å². The Balaban J connectivity index is 0.00000156. The molecule has 0 radical (unpaired) electrons. The van der Waals surface area contributed by atoms with Gasteiger partial charge in [-0.2, -0.15) is 0 Å². The zero-order valence-electron chi connectivity index (χ0n) is 14.0. The van der Waals surface area contributed by atoms with Crippen molar-refractivity contribution in [3.05, 3.63) is 53.0 Å². The number of pyridine rings is 1. The van der Waals surface area contributed by atoms with Crippen molar-refractivity contribution in [2.75, 3.05) is 30.9 Å². The minimum absolute atomic E-state index is 0. The van der Waals surface area contributed by atoms with Crippen LogP contribution in [0.2, 0.25) is 0 Å². The molecule has 1 aliphatic heterocycles. The second-order valence-electron chi connectivity index (χ2n) is 5.74. The van der Waals surface area contributed by atoms with E-state index in [2.05, 4.69) is 15.6 Å². The molecule has 0 bridgehead atoms. The molecule has 0 atom stereocenters. The molecule has 0 fully saturated rings. The summed E-state index contributed by atoms with van der Waals surface area (Å²) in [6.07, 6.45) is 2.20. The number of carbonyl (C=O) groups is 1. The summed E-state index contributed by atoms with van der Waals surface area (Å²) < 4.78 is 14.6. The summed E-state index contributed by atoms with van der Waals surface area (Å²) in [4.78, 5) is 18.4. The maximum atomic E-state index is 14.6. The molecule has 1 aliphatic rings. The predicted molar refractivity (Wildman–Crippen MR) is 103 cm³/mol. The normalized spacial score (nSPS) is 12.3. The van der Waals surface area contributed by atoms with Gasteiger partial charge < -0.3 is 15.5 Å². The van der Waals surface area contributed by atoms with Crippen molar-refractivity contribution >= 4 is 42.2 Å². The smallest absolute Gasteiger partial charge is 0.255 e. The highest BCUT2D eigenvalue weighted by Gasteiger charge is 2.18. The van der Waals surface area contributed by atoms with Gasteiger partial charge in [-0.25, -0.2) is 9.37 Å². The molecule has 0 unspecified atom stereocenters. The van der Waals surface area contributed by atoms with Crippen molar-refractivity contribution in [2.24, 2.45) is 0 Å². The number of hydrogen-bond donors (Lipinski definition) is 2. The molecule has 1 aromatic heterocycles. The fraction of sp³-hybridized carbons (Fsp3) is 0.294. The molecule has 25 heavy (non-hydrogen) atoms. The summed E-state index contributed by atoms with van der Waals surface area (Å²) in [6, 6.07) is 6.77. The van der Waals surface area contributed by atoms with Gasteiger partial charge in [0.05, 0.1) is 5.69 Å². The van der Waals surface area contributed by atoms with Crippen LogP contribution in [-0.2, 0) is 13.0 Å². The number of nitrogens with zero attached hydrogens (tertiary/aromatic N) is 2. The largest absolute Gasteiger partial charge is 0.363 e. The van der Waals surface area contributed by atoms with Crippen LogP contribution in [0, 0.1) is 5.82 Å². The van der Waals surface area contributed by atoms with Gasteiger partial charge in [0.1, 0.15) is 11.6 Å². The lowest BCUT2D eigenvalue weighted by molar-refractivity contribution is 0.102. The monoisotopic (exact) mass is 386 g/mol. The van der Waals surface area contributed by atoms with Crippen molar-refractivity contribution in [1.29, 1.82) is 0 Å². The molecule has 2 N–H and O–H groups in total. The second kappa shape index (κ2) is 8.99. The van der Waals surface area contributed by atoms with Crippen molar-refractivity contribution in [2.45, 2.75) is 13.0 Å². The molecule has 0 aliphatic carbocycles. The average molecular weight is 387 g/mol. The van der Waals surface area contributed by atoms with Crippen LogP contribution >= 0.6 is 24.8 Å². The number of amides is 1. The Morgan fingerprint density at radius 1 is 1.28 bits per heavy atom. The van der Waals surface area contributed by atoms with Crippen LogP contribution in [-0.4, -0.2) is 31.5 Å². The summed E-state index contributed by atoms with van der Waals surface area (Å²) in [7, 11) is 3.70. The third-order valence-corrected chi connectivity index (χ3v) is 3.92. The highest BCUT2D eigenvalue weighted by Crippen LogP contribution is 2.25. The van der Waals surface area contributed by atoms with Gasteiger partial charge in [0.25, 0.3) is 5.91 Å². The number of anilines is 2. The predicted octanol–water partition coefficient (Wildman–Crippen LogP) is 3.03. The molecule has 0 saturated carbocycles. The lowest BCUT2D eigenvalue weighted by Gasteiger charge is -2.19. The maximum absolute atomic E-state index is 14.6. The van der Waals surface area contributed by atoms with Crippen LogP contribution in [0.5, 0.6) is 0 Å². The molecular formula is C17H21Cl2FN4O. The Kier molecular flexibility index (Phi) is 7.60. The number of carbonyl (C=O) groups excluding carboxylic acids is 1. The maximum Gasteiger partial charge on any atom is 0.255 e. The van der Waals surface area contributed by atoms with E-state index in [4.69, 9.17) is 0 Å².